The lowest BCUT2D eigenvalue weighted by Crippen LogP contribution is -2.09. The van der Waals surface area contributed by atoms with Crippen LogP contribution in [0.15, 0.2) is 188 Å². The van der Waals surface area contributed by atoms with Gasteiger partial charge in [0.2, 0.25) is 0 Å². The minimum atomic E-state index is 1.06. The Morgan fingerprint density at radius 3 is 1.26 bits per heavy atom. The predicted octanol–water partition coefficient (Wildman–Crippen LogP) is 12.5. The van der Waals surface area contributed by atoms with Gasteiger partial charge in [0.15, 0.2) is 0 Å². The fourth-order valence-corrected chi connectivity index (χ4v) is 6.55. The molecule has 218 valence electrons. The average Bonchev–Trinajstić information content (AvgIpc) is 3.13. The van der Waals surface area contributed by atoms with Crippen molar-refractivity contribution in [3.05, 3.63) is 188 Å². The smallest absolute Gasteiger partial charge is 0.0468 e. The molecule has 0 spiro atoms. The third kappa shape index (κ3) is 5.16. The van der Waals surface area contributed by atoms with Crippen LogP contribution in [0, 0.1) is 0 Å². The number of hydrogen-bond donors (Lipinski definition) is 1. The lowest BCUT2D eigenvalue weighted by molar-refractivity contribution is 1.29. The largest absolute Gasteiger partial charge is 0.356 e. The van der Waals surface area contributed by atoms with Gasteiger partial charge in [-0.15, -0.1) is 0 Å². The molecule has 8 rings (SSSR count). The van der Waals surface area contributed by atoms with E-state index in [4.69, 9.17) is 0 Å². The molecule has 0 radical (unpaired) electrons. The molecule has 0 saturated heterocycles. The summed E-state index contributed by atoms with van der Waals surface area (Å²) in [6.45, 7) is 0. The Morgan fingerprint density at radius 2 is 0.739 bits per heavy atom. The highest BCUT2D eigenvalue weighted by Crippen LogP contribution is 2.47. The Bertz CT molecular complexity index is 2210. The van der Waals surface area contributed by atoms with Gasteiger partial charge in [-0.25, -0.2) is 0 Å². The number of anilines is 5. The van der Waals surface area contributed by atoms with Gasteiger partial charge in [0, 0.05) is 28.4 Å². The molecule has 0 aromatic heterocycles. The summed E-state index contributed by atoms with van der Waals surface area (Å²) >= 11 is 0. The highest BCUT2D eigenvalue weighted by atomic mass is 15.1. The first-order chi connectivity index (χ1) is 22.8. The molecule has 0 amide bonds. The summed E-state index contributed by atoms with van der Waals surface area (Å²) in [5.41, 5.74) is 10.4. The summed E-state index contributed by atoms with van der Waals surface area (Å²) in [6, 6.07) is 67.0. The highest BCUT2D eigenvalue weighted by molar-refractivity contribution is 6.22. The van der Waals surface area contributed by atoms with Crippen molar-refractivity contribution in [2.75, 3.05) is 10.2 Å². The van der Waals surface area contributed by atoms with Crippen LogP contribution in [0.5, 0.6) is 0 Å². The van der Waals surface area contributed by atoms with E-state index in [0.29, 0.717) is 0 Å². The molecule has 46 heavy (non-hydrogen) atoms. The molecular weight excluding hydrogens is 556 g/mol. The minimum absolute atomic E-state index is 1.06. The van der Waals surface area contributed by atoms with Crippen molar-refractivity contribution < 1.29 is 0 Å². The second-order valence-corrected chi connectivity index (χ2v) is 11.5. The highest BCUT2D eigenvalue weighted by Gasteiger charge is 2.20. The van der Waals surface area contributed by atoms with Crippen LogP contribution in [0.1, 0.15) is 0 Å². The van der Waals surface area contributed by atoms with Crippen LogP contribution in [0.4, 0.5) is 28.4 Å². The van der Waals surface area contributed by atoms with Crippen LogP contribution in [-0.4, -0.2) is 0 Å². The Labute approximate surface area is 269 Å². The van der Waals surface area contributed by atoms with E-state index < -0.39 is 0 Å². The molecule has 2 heteroatoms. The summed E-state index contributed by atoms with van der Waals surface area (Å²) in [4.78, 5) is 2.34. The molecular formula is C44H32N2. The maximum Gasteiger partial charge on any atom is 0.0468 e. The van der Waals surface area contributed by atoms with E-state index in [1.807, 2.05) is 6.07 Å². The first-order valence-corrected chi connectivity index (χ1v) is 15.7. The molecule has 2 nitrogen and oxygen atoms in total. The van der Waals surface area contributed by atoms with Crippen LogP contribution >= 0.6 is 0 Å². The van der Waals surface area contributed by atoms with Crippen molar-refractivity contribution >= 4 is 50.0 Å². The molecule has 8 aromatic rings. The van der Waals surface area contributed by atoms with E-state index in [0.717, 1.165) is 28.4 Å². The van der Waals surface area contributed by atoms with Crippen molar-refractivity contribution in [1.82, 2.24) is 0 Å². The third-order valence-electron chi connectivity index (χ3n) is 8.57. The van der Waals surface area contributed by atoms with Crippen molar-refractivity contribution in [3.63, 3.8) is 0 Å². The molecule has 0 heterocycles. The summed E-state index contributed by atoms with van der Waals surface area (Å²) in [5, 5.41) is 8.51. The van der Waals surface area contributed by atoms with Gasteiger partial charge in [0.05, 0.1) is 0 Å². The van der Waals surface area contributed by atoms with Gasteiger partial charge in [0.25, 0.3) is 0 Å². The second kappa shape index (κ2) is 12.1. The number of nitrogens with zero attached hydrogens (tertiary/aromatic N) is 1. The van der Waals surface area contributed by atoms with Gasteiger partial charge in [-0.2, -0.15) is 0 Å². The van der Waals surface area contributed by atoms with E-state index in [9.17, 15) is 0 Å². The van der Waals surface area contributed by atoms with E-state index in [1.54, 1.807) is 0 Å². The molecule has 0 saturated carbocycles. The second-order valence-electron chi connectivity index (χ2n) is 11.5. The predicted molar refractivity (Wildman–Crippen MR) is 197 cm³/mol. The molecule has 0 fully saturated rings. The van der Waals surface area contributed by atoms with Crippen molar-refractivity contribution in [2.45, 2.75) is 0 Å². The van der Waals surface area contributed by atoms with Gasteiger partial charge < -0.3 is 10.2 Å². The van der Waals surface area contributed by atoms with Gasteiger partial charge in [0.1, 0.15) is 0 Å². The number of fused-ring (bicyclic) bond motifs is 2. The maximum absolute atomic E-state index is 3.64. The molecule has 0 aliphatic rings. The van der Waals surface area contributed by atoms with E-state index in [2.05, 4.69) is 192 Å². The number of para-hydroxylation sites is 3. The molecule has 0 unspecified atom stereocenters. The Kier molecular flexibility index (Phi) is 7.22. The first-order valence-electron chi connectivity index (χ1n) is 15.7. The number of hydrogen-bond acceptors (Lipinski definition) is 2. The zero-order chi connectivity index (χ0) is 30.7. The monoisotopic (exact) mass is 588 g/mol. The fourth-order valence-electron chi connectivity index (χ4n) is 6.55. The molecule has 0 atom stereocenters. The zero-order valence-electron chi connectivity index (χ0n) is 25.3. The Hall–Kier alpha value is -6.12. The van der Waals surface area contributed by atoms with Crippen LogP contribution in [0.3, 0.4) is 0 Å². The molecule has 8 aromatic carbocycles. The van der Waals surface area contributed by atoms with Crippen LogP contribution in [0.25, 0.3) is 43.8 Å². The van der Waals surface area contributed by atoms with Gasteiger partial charge in [-0.3, -0.25) is 0 Å². The van der Waals surface area contributed by atoms with Crippen molar-refractivity contribution in [2.24, 2.45) is 0 Å². The normalized spacial score (nSPS) is 11.0. The molecule has 0 aliphatic heterocycles. The molecule has 1 N–H and O–H groups in total. The van der Waals surface area contributed by atoms with Crippen molar-refractivity contribution in [1.29, 1.82) is 0 Å². The third-order valence-corrected chi connectivity index (χ3v) is 8.57. The lowest BCUT2D eigenvalue weighted by Gasteiger charge is -2.27. The van der Waals surface area contributed by atoms with Gasteiger partial charge in [-0.1, -0.05) is 127 Å². The Balaban J connectivity index is 1.45. The minimum Gasteiger partial charge on any atom is -0.356 e. The van der Waals surface area contributed by atoms with E-state index in [1.165, 1.54) is 43.8 Å². The number of nitrogens with one attached hydrogen (secondary N) is 1. The van der Waals surface area contributed by atoms with Gasteiger partial charge in [-0.05, 0) is 104 Å². The zero-order valence-corrected chi connectivity index (χ0v) is 25.3. The van der Waals surface area contributed by atoms with E-state index in [-0.39, 0.29) is 0 Å². The summed E-state index contributed by atoms with van der Waals surface area (Å²) in [6.07, 6.45) is 0. The fraction of sp³-hybridized carbons (Fsp3) is 0. The summed E-state index contributed by atoms with van der Waals surface area (Å²) in [7, 11) is 0. The topological polar surface area (TPSA) is 15.3 Å². The van der Waals surface area contributed by atoms with Crippen LogP contribution in [-0.2, 0) is 0 Å². The average molecular weight is 589 g/mol. The first kappa shape index (κ1) is 27.4. The molecule has 0 aliphatic carbocycles. The molecule has 0 bridgehead atoms. The van der Waals surface area contributed by atoms with E-state index >= 15 is 0 Å². The Morgan fingerprint density at radius 1 is 0.304 bits per heavy atom. The van der Waals surface area contributed by atoms with Crippen molar-refractivity contribution in [3.8, 4) is 22.3 Å². The number of benzene rings is 8. The maximum atomic E-state index is 3.64. The SMILES string of the molecule is c1ccc(Nc2ccc3c(-c4ccccc4)c4cc(N(c5ccccc5)c5ccccc5)ccc4c(-c4ccccc4)c3c2)cc1. The van der Waals surface area contributed by atoms with Crippen LogP contribution < -0.4 is 10.2 Å². The summed E-state index contributed by atoms with van der Waals surface area (Å²) < 4.78 is 0. The summed E-state index contributed by atoms with van der Waals surface area (Å²) in [5.74, 6) is 0. The quantitative estimate of drug-likeness (QED) is 0.186. The number of rotatable bonds is 7. The van der Waals surface area contributed by atoms with Gasteiger partial charge >= 0.3 is 0 Å². The standard InChI is InChI=1S/C44H32N2/c1-6-16-32(17-7-1)43-40-29-27-38(46(36-22-12-4-13-23-36)37-24-14-5-15-25-37)31-42(40)44(33-18-8-2-9-19-33)39-28-26-35(30-41(39)43)45-34-20-10-3-11-21-34/h1-31,45H. The lowest BCUT2D eigenvalue weighted by atomic mass is 9.85. The van der Waals surface area contributed by atoms with Crippen LogP contribution in [0.2, 0.25) is 0 Å².